The Morgan fingerprint density at radius 2 is 1.46 bits per heavy atom. The Hall–Kier alpha value is -3.53. The number of rotatable bonds is 7. The molecular weight excluding hydrogens is 522 g/mol. The van der Waals surface area contributed by atoms with Crippen molar-refractivity contribution in [3.05, 3.63) is 101 Å². The van der Waals surface area contributed by atoms with E-state index in [0.717, 1.165) is 16.8 Å². The predicted octanol–water partition coefficient (Wildman–Crippen LogP) is 7.20. The number of methoxy groups -OCH3 is 1. The Morgan fingerprint density at radius 1 is 0.872 bits per heavy atom. The van der Waals surface area contributed by atoms with Crippen LogP contribution >= 0.6 is 0 Å². The Bertz CT molecular complexity index is 1230. The van der Waals surface area contributed by atoms with Gasteiger partial charge in [-0.1, -0.05) is 42.5 Å². The number of carbonyl (C=O) groups is 1. The van der Waals surface area contributed by atoms with Gasteiger partial charge in [0.1, 0.15) is 0 Å². The van der Waals surface area contributed by atoms with Crippen molar-refractivity contribution in [1.29, 1.82) is 0 Å². The maximum Gasteiger partial charge on any atom is 0.416 e. The van der Waals surface area contributed by atoms with Crippen LogP contribution in [0.3, 0.4) is 0 Å². The van der Waals surface area contributed by atoms with Crippen LogP contribution in [0, 0.1) is 0 Å². The fourth-order valence-electron chi connectivity index (χ4n) is 4.98. The number of likely N-dealkylation sites (tertiary alicyclic amines) is 1. The van der Waals surface area contributed by atoms with Gasteiger partial charge in [-0.15, -0.1) is 0 Å². The fourth-order valence-corrected chi connectivity index (χ4v) is 4.98. The molecule has 4 nitrogen and oxygen atoms in total. The highest BCUT2D eigenvalue weighted by Crippen LogP contribution is 2.41. The number of piperidine rings is 1. The zero-order chi connectivity index (χ0) is 28.2. The molecule has 1 amide bonds. The van der Waals surface area contributed by atoms with Crippen molar-refractivity contribution in [1.82, 2.24) is 4.90 Å². The van der Waals surface area contributed by atoms with E-state index in [1.807, 2.05) is 54.6 Å². The van der Waals surface area contributed by atoms with Gasteiger partial charge in [-0.3, -0.25) is 4.79 Å². The third-order valence-electron chi connectivity index (χ3n) is 6.94. The number of benzene rings is 3. The lowest BCUT2D eigenvalue weighted by Gasteiger charge is -2.39. The molecule has 1 saturated heterocycles. The van der Waals surface area contributed by atoms with E-state index >= 15 is 0 Å². The average molecular weight is 551 g/mol. The van der Waals surface area contributed by atoms with Gasteiger partial charge >= 0.3 is 12.4 Å². The quantitative estimate of drug-likeness (QED) is 0.250. The van der Waals surface area contributed by atoms with Gasteiger partial charge in [0, 0.05) is 43.9 Å². The number of nitrogens with one attached hydrogen (secondary N) is 1. The molecule has 0 unspecified atom stereocenters. The largest absolute Gasteiger partial charge is 0.416 e. The number of alkyl halides is 6. The average Bonchev–Trinajstić information content (AvgIpc) is 2.92. The van der Waals surface area contributed by atoms with Crippen molar-refractivity contribution in [3.8, 4) is 0 Å². The summed E-state index contributed by atoms with van der Waals surface area (Å²) in [7, 11) is 1.62. The summed E-state index contributed by atoms with van der Waals surface area (Å²) in [5.74, 6) is -1.07. The van der Waals surface area contributed by atoms with Crippen molar-refractivity contribution in [2.24, 2.45) is 0 Å². The summed E-state index contributed by atoms with van der Waals surface area (Å²) in [5, 5.41) is 3.25. The minimum absolute atomic E-state index is 0.00304. The highest BCUT2D eigenvalue weighted by atomic mass is 19.4. The molecule has 1 N–H and O–H groups in total. The van der Waals surface area contributed by atoms with Crippen LogP contribution < -0.4 is 5.32 Å². The maximum atomic E-state index is 13.4. The monoisotopic (exact) mass is 550 g/mol. The maximum absolute atomic E-state index is 13.4. The lowest BCUT2D eigenvalue weighted by atomic mass is 9.76. The molecule has 10 heteroatoms. The summed E-state index contributed by atoms with van der Waals surface area (Å²) < 4.78 is 85.3. The molecule has 1 fully saturated rings. The molecule has 3 aromatic rings. The topological polar surface area (TPSA) is 41.6 Å². The van der Waals surface area contributed by atoms with Gasteiger partial charge in [-0.2, -0.15) is 26.3 Å². The molecule has 39 heavy (non-hydrogen) atoms. The van der Waals surface area contributed by atoms with Gasteiger partial charge in [0.15, 0.2) is 0 Å². The number of ether oxygens (including phenoxy) is 1. The van der Waals surface area contributed by atoms with E-state index in [9.17, 15) is 31.1 Å². The van der Waals surface area contributed by atoms with Gasteiger partial charge in [-0.25, -0.2) is 0 Å². The van der Waals surface area contributed by atoms with Gasteiger partial charge in [0.2, 0.25) is 0 Å². The van der Waals surface area contributed by atoms with Crippen LogP contribution in [0.2, 0.25) is 0 Å². The first-order chi connectivity index (χ1) is 18.5. The molecule has 1 aliphatic rings. The Labute approximate surface area is 222 Å². The SMILES string of the molecule is COCCNc1ccc([C@@H]2CCN(C(=O)c3cc(C(F)(F)F)cc(C(F)(F)F)c3)C[C@@H]2c2ccccc2)cc1. The summed E-state index contributed by atoms with van der Waals surface area (Å²) in [4.78, 5) is 14.7. The predicted molar refractivity (Wildman–Crippen MR) is 136 cm³/mol. The summed E-state index contributed by atoms with van der Waals surface area (Å²) in [6.07, 6.45) is -9.56. The number of hydrogen-bond acceptors (Lipinski definition) is 3. The van der Waals surface area contributed by atoms with E-state index < -0.39 is 35.0 Å². The molecule has 1 aliphatic heterocycles. The van der Waals surface area contributed by atoms with E-state index in [-0.39, 0.29) is 31.0 Å². The third kappa shape index (κ3) is 6.92. The van der Waals surface area contributed by atoms with Crippen molar-refractivity contribution >= 4 is 11.6 Å². The van der Waals surface area contributed by atoms with Crippen molar-refractivity contribution in [2.45, 2.75) is 30.6 Å². The van der Waals surface area contributed by atoms with Gasteiger partial charge in [-0.05, 0) is 53.8 Å². The Balaban J connectivity index is 1.62. The minimum Gasteiger partial charge on any atom is -0.383 e. The van der Waals surface area contributed by atoms with Crippen molar-refractivity contribution < 1.29 is 35.9 Å². The van der Waals surface area contributed by atoms with Crippen molar-refractivity contribution in [3.63, 3.8) is 0 Å². The standard InChI is InChI=1S/C29H28F6N2O2/c1-39-14-12-36-24-9-7-20(8-10-24)25-11-13-37(18-26(25)19-5-3-2-4-6-19)27(38)21-15-22(28(30,31)32)17-23(16-21)29(33,34)35/h2-10,15-17,25-26,36H,11-14,18H2,1H3/t25-,26+/m0/s1. The van der Waals surface area contributed by atoms with E-state index in [1.165, 1.54) is 4.90 Å². The fraction of sp³-hybridized carbons (Fsp3) is 0.345. The summed E-state index contributed by atoms with van der Waals surface area (Å²) in [5.41, 5.74) is -0.753. The highest BCUT2D eigenvalue weighted by molar-refractivity contribution is 5.95. The molecule has 0 radical (unpaired) electrons. The zero-order valence-corrected chi connectivity index (χ0v) is 21.1. The van der Waals surface area contributed by atoms with Crippen LogP contribution in [0.15, 0.2) is 72.8 Å². The smallest absolute Gasteiger partial charge is 0.383 e. The normalized spacial score (nSPS) is 18.2. The lowest BCUT2D eigenvalue weighted by molar-refractivity contribution is -0.143. The first-order valence-electron chi connectivity index (χ1n) is 12.4. The van der Waals surface area contributed by atoms with Gasteiger partial charge < -0.3 is 15.0 Å². The molecule has 208 valence electrons. The molecule has 0 aromatic heterocycles. The summed E-state index contributed by atoms with van der Waals surface area (Å²) in [6.45, 7) is 1.55. The van der Waals surface area contributed by atoms with Crippen molar-refractivity contribution in [2.75, 3.05) is 38.7 Å². The molecule has 0 aliphatic carbocycles. The van der Waals surface area contributed by atoms with Crippen LogP contribution in [-0.2, 0) is 17.1 Å². The highest BCUT2D eigenvalue weighted by Gasteiger charge is 2.39. The van der Waals surface area contributed by atoms with Crippen LogP contribution in [0.4, 0.5) is 32.0 Å². The third-order valence-corrected chi connectivity index (χ3v) is 6.94. The second-order valence-electron chi connectivity index (χ2n) is 9.50. The first-order valence-corrected chi connectivity index (χ1v) is 12.4. The van der Waals surface area contributed by atoms with E-state index in [4.69, 9.17) is 4.74 Å². The Morgan fingerprint density at radius 3 is 2.03 bits per heavy atom. The van der Waals surface area contributed by atoms with E-state index in [0.29, 0.717) is 31.7 Å². The number of hydrogen-bond donors (Lipinski definition) is 1. The Kier molecular flexibility index (Phi) is 8.54. The zero-order valence-electron chi connectivity index (χ0n) is 21.1. The second-order valence-corrected chi connectivity index (χ2v) is 9.50. The minimum atomic E-state index is -5.03. The summed E-state index contributed by atoms with van der Waals surface area (Å²) >= 11 is 0. The van der Waals surface area contributed by atoms with Crippen LogP contribution in [0.5, 0.6) is 0 Å². The van der Waals surface area contributed by atoms with Gasteiger partial charge in [0.25, 0.3) is 5.91 Å². The van der Waals surface area contributed by atoms with E-state index in [2.05, 4.69) is 5.32 Å². The first kappa shape index (κ1) is 28.5. The molecule has 2 atom stereocenters. The lowest BCUT2D eigenvalue weighted by Crippen LogP contribution is -2.42. The van der Waals surface area contributed by atoms with Crippen LogP contribution in [0.25, 0.3) is 0 Å². The molecule has 3 aromatic carbocycles. The van der Waals surface area contributed by atoms with E-state index in [1.54, 1.807) is 7.11 Å². The van der Waals surface area contributed by atoms with Crippen LogP contribution in [-0.4, -0.2) is 44.2 Å². The molecule has 0 saturated carbocycles. The van der Waals surface area contributed by atoms with Crippen LogP contribution in [0.1, 0.15) is 50.9 Å². The number of anilines is 1. The molecule has 4 rings (SSSR count). The number of carbonyl (C=O) groups excluding carboxylic acids is 1. The number of nitrogens with zero attached hydrogens (tertiary/aromatic N) is 1. The molecule has 0 spiro atoms. The molecule has 0 bridgehead atoms. The molecular formula is C29H28F6N2O2. The summed E-state index contributed by atoms with van der Waals surface area (Å²) in [6, 6.07) is 18.3. The number of halogens is 6. The second kappa shape index (κ2) is 11.7. The molecule has 1 heterocycles. The number of amides is 1. The van der Waals surface area contributed by atoms with Gasteiger partial charge in [0.05, 0.1) is 17.7 Å².